The van der Waals surface area contributed by atoms with Crippen LogP contribution in [0.15, 0.2) is 36.7 Å². The number of hydrogen-bond acceptors (Lipinski definition) is 19. The highest BCUT2D eigenvalue weighted by Crippen LogP contribution is 2.61. The first-order chi connectivity index (χ1) is 22.7. The van der Waals surface area contributed by atoms with Gasteiger partial charge in [0.1, 0.15) is 42.4 Å². The molecule has 49 heavy (non-hydrogen) atoms. The Kier molecular flexibility index (Phi) is 10.8. The molecule has 3 aliphatic heterocycles. The van der Waals surface area contributed by atoms with Crippen LogP contribution < -0.4 is 11.5 Å². The number of thiol groups is 1. The van der Waals surface area contributed by atoms with Crippen molar-refractivity contribution in [1.29, 1.82) is 0 Å². The van der Waals surface area contributed by atoms with Gasteiger partial charge in [-0.1, -0.05) is 6.08 Å². The number of imidazole rings is 1. The summed E-state index contributed by atoms with van der Waals surface area (Å²) in [7, 11) is -16.5. The first-order valence-electron chi connectivity index (χ1n) is 13.6. The molecule has 0 radical (unpaired) electrons. The maximum absolute atomic E-state index is 12.7. The van der Waals surface area contributed by atoms with Gasteiger partial charge < -0.3 is 60.7 Å². The Morgan fingerprint density at radius 2 is 1.76 bits per heavy atom. The van der Waals surface area contributed by atoms with E-state index in [4.69, 9.17) is 30.0 Å². The van der Waals surface area contributed by atoms with E-state index < -0.39 is 90.5 Å². The SMILES string of the molecule is NC(=O)C1=CN([C@@H]2O[C@H](COP(=O)(O)OP(=O)(O)OC[C@]3(S)O[C@@H](n4cnc5c(N)ncnc54)[C@H](OP(=O)(O)O)[C@H]3O)[C@@H](O)[C@H]2O)C=CC1. The number of aliphatic hydroxyl groups excluding tert-OH is 3. The number of aromatic nitrogens is 4. The Morgan fingerprint density at radius 1 is 1.06 bits per heavy atom. The highest BCUT2D eigenvalue weighted by Gasteiger charge is 2.58. The molecule has 2 fully saturated rings. The molecule has 3 aliphatic rings. The van der Waals surface area contributed by atoms with Crippen LogP contribution in [0.4, 0.5) is 5.82 Å². The van der Waals surface area contributed by atoms with Crippen molar-refractivity contribution in [1.82, 2.24) is 24.4 Å². The summed E-state index contributed by atoms with van der Waals surface area (Å²) in [4.78, 5) is 61.3. The van der Waals surface area contributed by atoms with E-state index in [0.29, 0.717) is 0 Å². The Balaban J connectivity index is 1.23. The first kappa shape index (κ1) is 37.9. The van der Waals surface area contributed by atoms with Crippen LogP contribution in [0.5, 0.6) is 0 Å². The number of anilines is 1. The summed E-state index contributed by atoms with van der Waals surface area (Å²) in [5, 5.41) is 31.8. The lowest BCUT2D eigenvalue weighted by molar-refractivity contribution is -0.115. The quantitative estimate of drug-likeness (QED) is 0.0754. The number of ether oxygens (including phenoxy) is 2. The van der Waals surface area contributed by atoms with Crippen molar-refractivity contribution >= 4 is 59.0 Å². The van der Waals surface area contributed by atoms with E-state index in [9.17, 15) is 53.4 Å². The van der Waals surface area contributed by atoms with E-state index in [1.54, 1.807) is 0 Å². The van der Waals surface area contributed by atoms with Crippen molar-refractivity contribution in [3.8, 4) is 0 Å². The van der Waals surface area contributed by atoms with Gasteiger partial charge in [-0.2, -0.15) is 4.31 Å². The number of carbonyl (C=O) groups excluding carboxylic acids is 1. The fourth-order valence-electron chi connectivity index (χ4n) is 4.95. The van der Waals surface area contributed by atoms with Crippen LogP contribution in [-0.2, 0) is 45.8 Å². The molecule has 28 heteroatoms. The number of phosphoric ester groups is 3. The minimum Gasteiger partial charge on any atom is -0.387 e. The normalized spacial score (nSPS) is 33.0. The van der Waals surface area contributed by atoms with E-state index in [1.807, 2.05) is 0 Å². The number of nitrogens with two attached hydrogens (primary N) is 2. The van der Waals surface area contributed by atoms with Crippen LogP contribution in [0.1, 0.15) is 12.6 Å². The highest BCUT2D eigenvalue weighted by atomic mass is 32.1. The highest BCUT2D eigenvalue weighted by molar-refractivity contribution is 7.81. The molecular formula is C21H30N7O17P3S. The number of aliphatic hydroxyl groups is 3. The molecule has 2 saturated heterocycles. The summed E-state index contributed by atoms with van der Waals surface area (Å²) in [5.41, 5.74) is 11.2. The van der Waals surface area contributed by atoms with E-state index in [2.05, 4.69) is 36.4 Å². The van der Waals surface area contributed by atoms with Crippen LogP contribution >= 0.6 is 36.1 Å². The average molecular weight is 777 g/mol. The number of allylic oxidation sites excluding steroid dienone is 1. The fraction of sp³-hybridized carbons (Fsp3) is 0.524. The number of carbonyl (C=O) groups is 1. The second kappa shape index (κ2) is 14.0. The zero-order valence-electron chi connectivity index (χ0n) is 24.4. The lowest BCUT2D eigenvalue weighted by Gasteiger charge is -2.28. The molecule has 0 aliphatic carbocycles. The van der Waals surface area contributed by atoms with Gasteiger partial charge in [0.2, 0.25) is 5.91 Å². The Bertz CT molecular complexity index is 1790. The topological polar surface area (TPSA) is 364 Å². The van der Waals surface area contributed by atoms with Gasteiger partial charge >= 0.3 is 23.5 Å². The second-order valence-electron chi connectivity index (χ2n) is 10.6. The number of primary amides is 1. The zero-order chi connectivity index (χ0) is 36.1. The molecule has 272 valence electrons. The van der Waals surface area contributed by atoms with E-state index in [1.165, 1.54) is 23.4 Å². The number of nitrogens with zero attached hydrogens (tertiary/aromatic N) is 5. The molecule has 5 heterocycles. The van der Waals surface area contributed by atoms with Gasteiger partial charge in [-0.3, -0.25) is 22.9 Å². The van der Waals surface area contributed by atoms with Gasteiger partial charge in [-0.05, 0) is 6.42 Å². The molecule has 5 rings (SSSR count). The third-order valence-electron chi connectivity index (χ3n) is 7.21. The fourth-order valence-corrected chi connectivity index (χ4v) is 8.02. The second-order valence-corrected chi connectivity index (χ2v) is 15.6. The molecule has 0 bridgehead atoms. The Hall–Kier alpha value is -2.38. The molecule has 0 spiro atoms. The predicted molar refractivity (Wildman–Crippen MR) is 161 cm³/mol. The van der Waals surface area contributed by atoms with Gasteiger partial charge in [0.15, 0.2) is 28.9 Å². The maximum atomic E-state index is 12.7. The molecule has 0 aromatic carbocycles. The summed E-state index contributed by atoms with van der Waals surface area (Å²) in [6.45, 7) is -2.21. The van der Waals surface area contributed by atoms with Crippen LogP contribution in [0.3, 0.4) is 0 Å². The summed E-state index contributed by atoms with van der Waals surface area (Å²) < 4.78 is 67.5. The standard InChI is InChI=1S/C21H30N7O17P3S/c22-16-11-18(25-7-24-16)28(8-26-11)20-14(44-46(33,34)35)15(31)21(49,43-20)6-41-48(38,39)45-47(36,37)40-5-10-12(29)13(30)19(42-10)27-3-1-2-9(4-27)17(23)32/h1,3-4,7-8,10,12-15,19-20,29-31,49H,2,5-6H2,(H2,23,32)(H,36,37)(H,38,39)(H2,22,24,25)(H2,33,34,35)/t10-,12-,13-,14-,15-,19-,20-,21-/m1/s1. The smallest absolute Gasteiger partial charge is 0.387 e. The van der Waals surface area contributed by atoms with Crippen molar-refractivity contribution in [2.75, 3.05) is 18.9 Å². The van der Waals surface area contributed by atoms with E-state index >= 15 is 0 Å². The minimum absolute atomic E-state index is 0.0355. The Labute approximate surface area is 279 Å². The molecule has 2 aromatic heterocycles. The largest absolute Gasteiger partial charge is 0.481 e. The van der Waals surface area contributed by atoms with Crippen LogP contribution in [0.25, 0.3) is 11.2 Å². The number of amides is 1. The Morgan fingerprint density at radius 3 is 2.43 bits per heavy atom. The third-order valence-corrected chi connectivity index (χ3v) is 10.8. The van der Waals surface area contributed by atoms with Crippen molar-refractivity contribution in [2.45, 2.75) is 54.3 Å². The van der Waals surface area contributed by atoms with Gasteiger partial charge in [-0.15, -0.1) is 12.6 Å². The maximum Gasteiger partial charge on any atom is 0.481 e. The summed E-state index contributed by atoms with van der Waals surface area (Å²) in [6, 6.07) is 0. The van der Waals surface area contributed by atoms with Crippen molar-refractivity contribution < 1.29 is 80.7 Å². The minimum atomic E-state index is -5.61. The predicted octanol–water partition coefficient (Wildman–Crippen LogP) is -2.31. The van der Waals surface area contributed by atoms with Gasteiger partial charge in [0, 0.05) is 18.0 Å². The number of fused-ring (bicyclic) bond motifs is 1. The first-order valence-corrected chi connectivity index (χ1v) is 18.5. The average Bonchev–Trinajstić information content (AvgIpc) is 3.64. The van der Waals surface area contributed by atoms with Crippen molar-refractivity contribution in [2.24, 2.45) is 5.73 Å². The molecule has 10 atom stereocenters. The number of hydrogen-bond donors (Lipinski definition) is 10. The molecule has 24 nitrogen and oxygen atoms in total. The van der Waals surface area contributed by atoms with Crippen LogP contribution in [0.2, 0.25) is 0 Å². The van der Waals surface area contributed by atoms with E-state index in [0.717, 1.165) is 17.2 Å². The number of rotatable bonds is 13. The zero-order valence-corrected chi connectivity index (χ0v) is 28.0. The summed E-state index contributed by atoms with van der Waals surface area (Å²) >= 11 is 4.12. The molecular weight excluding hydrogens is 747 g/mol. The summed E-state index contributed by atoms with van der Waals surface area (Å²) in [5.74, 6) is -0.819. The lowest BCUT2D eigenvalue weighted by atomic mass is 10.1. The molecule has 2 aromatic rings. The third kappa shape index (κ3) is 8.41. The molecule has 11 N–H and O–H groups in total. The molecule has 0 saturated carbocycles. The number of phosphoric acid groups is 3. The molecule has 1 amide bonds. The van der Waals surface area contributed by atoms with E-state index in [-0.39, 0.29) is 29.0 Å². The van der Waals surface area contributed by atoms with Crippen molar-refractivity contribution in [3.63, 3.8) is 0 Å². The van der Waals surface area contributed by atoms with Crippen molar-refractivity contribution in [3.05, 3.63) is 36.7 Å². The molecule has 2 unspecified atom stereocenters. The monoisotopic (exact) mass is 777 g/mol. The van der Waals surface area contributed by atoms with Crippen LogP contribution in [-0.4, -0.2) is 120 Å². The number of nitrogen functional groups attached to an aromatic ring is 1. The van der Waals surface area contributed by atoms with Gasteiger partial charge in [0.05, 0.1) is 19.5 Å². The summed E-state index contributed by atoms with van der Waals surface area (Å²) in [6.07, 6.45) is -5.34. The van der Waals surface area contributed by atoms with Gasteiger partial charge in [-0.25, -0.2) is 28.6 Å². The van der Waals surface area contributed by atoms with Gasteiger partial charge in [0.25, 0.3) is 0 Å². The van der Waals surface area contributed by atoms with Crippen LogP contribution in [0, 0.1) is 0 Å². The lowest BCUT2D eigenvalue weighted by Crippen LogP contribution is -2.42.